The normalized spacial score (nSPS) is 14.0. The number of aryl methyl sites for hydroxylation is 1. The van der Waals surface area contributed by atoms with Crippen LogP contribution in [0.2, 0.25) is 5.15 Å². The van der Waals surface area contributed by atoms with Crippen LogP contribution in [0.1, 0.15) is 46.7 Å². The summed E-state index contributed by atoms with van der Waals surface area (Å²) < 4.78 is 1.77. The average Bonchev–Trinajstić information content (AvgIpc) is 3.21. The first kappa shape index (κ1) is 21.2. The number of aromatic amines is 1. The Hall–Kier alpha value is -3.06. The van der Waals surface area contributed by atoms with Crippen molar-refractivity contribution in [2.24, 2.45) is 5.92 Å². The minimum Gasteiger partial charge on any atom is -0.478 e. The van der Waals surface area contributed by atoms with E-state index in [2.05, 4.69) is 23.9 Å². The summed E-state index contributed by atoms with van der Waals surface area (Å²) in [7, 11) is 0. The lowest BCUT2D eigenvalue weighted by Crippen LogP contribution is -2.34. The molecule has 0 fully saturated rings. The largest absolute Gasteiger partial charge is 0.478 e. The molecular weight excluding hydrogens is 416 g/mol. The number of hydrogen-bond donors (Lipinski definition) is 2. The van der Waals surface area contributed by atoms with Gasteiger partial charge >= 0.3 is 5.97 Å². The summed E-state index contributed by atoms with van der Waals surface area (Å²) in [6.07, 6.45) is 3.97. The molecule has 1 aliphatic rings. The van der Waals surface area contributed by atoms with Crippen LogP contribution < -0.4 is 0 Å². The van der Waals surface area contributed by atoms with E-state index in [9.17, 15) is 14.7 Å². The van der Waals surface area contributed by atoms with Crippen molar-refractivity contribution in [1.82, 2.24) is 19.7 Å². The number of carboxylic acid groups (broad SMARTS) is 1. The highest BCUT2D eigenvalue weighted by Gasteiger charge is 2.24. The Labute approximate surface area is 185 Å². The Morgan fingerprint density at radius 1 is 1.35 bits per heavy atom. The number of fused-ring (bicyclic) bond motifs is 3. The summed E-state index contributed by atoms with van der Waals surface area (Å²) in [4.78, 5) is 29.3. The summed E-state index contributed by atoms with van der Waals surface area (Å²) in [5.41, 5.74) is 4.70. The minimum atomic E-state index is -0.964. The second-order valence-corrected chi connectivity index (χ2v) is 8.71. The van der Waals surface area contributed by atoms with Crippen LogP contribution in [-0.2, 0) is 24.3 Å². The summed E-state index contributed by atoms with van der Waals surface area (Å²) in [6, 6.07) is 5.04. The zero-order valence-corrected chi connectivity index (χ0v) is 18.5. The Balaban J connectivity index is 1.55. The predicted octanol–water partition coefficient (Wildman–Crippen LogP) is 4.28. The van der Waals surface area contributed by atoms with Crippen molar-refractivity contribution < 1.29 is 14.7 Å². The maximum atomic E-state index is 12.9. The molecule has 3 heterocycles. The molecule has 0 radical (unpaired) electrons. The first-order chi connectivity index (χ1) is 14.7. The number of halogens is 1. The van der Waals surface area contributed by atoms with E-state index in [1.807, 2.05) is 6.92 Å². The van der Waals surface area contributed by atoms with Crippen molar-refractivity contribution in [2.75, 3.05) is 6.54 Å². The molecule has 2 N–H and O–H groups in total. The Morgan fingerprint density at radius 2 is 2.13 bits per heavy atom. The van der Waals surface area contributed by atoms with Gasteiger partial charge in [-0.15, -0.1) is 0 Å². The third kappa shape index (κ3) is 4.10. The number of carboxylic acids is 1. The van der Waals surface area contributed by atoms with Crippen LogP contribution in [0.4, 0.5) is 0 Å². The van der Waals surface area contributed by atoms with E-state index in [-0.39, 0.29) is 11.5 Å². The van der Waals surface area contributed by atoms with E-state index in [0.717, 1.165) is 40.0 Å². The van der Waals surface area contributed by atoms with Gasteiger partial charge in [-0.1, -0.05) is 25.4 Å². The smallest absolute Gasteiger partial charge is 0.335 e. The van der Waals surface area contributed by atoms with Gasteiger partial charge in [-0.05, 0) is 37.1 Å². The van der Waals surface area contributed by atoms with Gasteiger partial charge in [-0.2, -0.15) is 5.10 Å². The maximum absolute atomic E-state index is 12.9. The molecule has 0 aliphatic carbocycles. The lowest BCUT2D eigenvalue weighted by molar-refractivity contribution is -0.126. The summed E-state index contributed by atoms with van der Waals surface area (Å²) >= 11 is 6.47. The van der Waals surface area contributed by atoms with E-state index >= 15 is 0 Å². The Kier molecular flexibility index (Phi) is 5.62. The molecule has 0 unspecified atom stereocenters. The van der Waals surface area contributed by atoms with Gasteiger partial charge in [0.1, 0.15) is 5.15 Å². The highest BCUT2D eigenvalue weighted by molar-refractivity contribution is 6.31. The molecule has 0 spiro atoms. The predicted molar refractivity (Wildman–Crippen MR) is 120 cm³/mol. The maximum Gasteiger partial charge on any atom is 0.335 e. The first-order valence-corrected chi connectivity index (χ1v) is 10.7. The standard InChI is InChI=1S/C23H25ClN4O3/c1-13(2)11-28-22(24)16(14(3)26-28)5-7-21(29)27-9-8-20-18(12-27)17-10-15(23(30)31)4-6-19(17)25-20/h4-7,10,13,25H,8-9,11-12H2,1-3H3,(H,30,31)/b7-5+. The number of benzene rings is 1. The monoisotopic (exact) mass is 440 g/mol. The van der Waals surface area contributed by atoms with Crippen molar-refractivity contribution in [3.8, 4) is 0 Å². The van der Waals surface area contributed by atoms with Gasteiger partial charge in [0, 0.05) is 59.9 Å². The number of aromatic nitrogens is 3. The van der Waals surface area contributed by atoms with E-state index in [1.165, 1.54) is 6.08 Å². The number of amides is 1. The molecule has 7 nitrogen and oxygen atoms in total. The van der Waals surface area contributed by atoms with E-state index in [0.29, 0.717) is 30.6 Å². The van der Waals surface area contributed by atoms with Crippen LogP contribution in [0.25, 0.3) is 17.0 Å². The Morgan fingerprint density at radius 3 is 2.84 bits per heavy atom. The molecule has 0 saturated carbocycles. The highest BCUT2D eigenvalue weighted by atomic mass is 35.5. The minimum absolute atomic E-state index is 0.110. The van der Waals surface area contributed by atoms with Gasteiger partial charge in [-0.3, -0.25) is 9.48 Å². The lowest BCUT2D eigenvalue weighted by atomic mass is 10.0. The lowest BCUT2D eigenvalue weighted by Gasteiger charge is -2.26. The molecule has 1 aliphatic heterocycles. The van der Waals surface area contributed by atoms with E-state index < -0.39 is 5.97 Å². The van der Waals surface area contributed by atoms with Crippen molar-refractivity contribution in [3.05, 3.63) is 57.5 Å². The molecule has 162 valence electrons. The topological polar surface area (TPSA) is 91.2 Å². The summed E-state index contributed by atoms with van der Waals surface area (Å²) in [5, 5.41) is 15.2. The fraction of sp³-hybridized carbons (Fsp3) is 0.348. The molecule has 0 atom stereocenters. The number of rotatable bonds is 5. The fourth-order valence-electron chi connectivity index (χ4n) is 4.02. The van der Waals surface area contributed by atoms with Crippen LogP contribution in [0.5, 0.6) is 0 Å². The summed E-state index contributed by atoms with van der Waals surface area (Å²) in [5.74, 6) is -0.661. The highest BCUT2D eigenvalue weighted by Crippen LogP contribution is 2.29. The van der Waals surface area contributed by atoms with Gasteiger partial charge in [0.05, 0.1) is 11.3 Å². The van der Waals surface area contributed by atoms with Crippen molar-refractivity contribution in [3.63, 3.8) is 0 Å². The van der Waals surface area contributed by atoms with Crippen molar-refractivity contribution in [2.45, 2.75) is 40.3 Å². The van der Waals surface area contributed by atoms with Crippen LogP contribution >= 0.6 is 11.6 Å². The van der Waals surface area contributed by atoms with Gasteiger partial charge in [-0.25, -0.2) is 4.79 Å². The zero-order valence-electron chi connectivity index (χ0n) is 17.8. The van der Waals surface area contributed by atoms with Gasteiger partial charge in [0.25, 0.3) is 0 Å². The molecular formula is C23H25ClN4O3. The molecule has 3 aromatic rings. The van der Waals surface area contributed by atoms with Crippen molar-refractivity contribution in [1.29, 1.82) is 0 Å². The van der Waals surface area contributed by atoms with Gasteiger partial charge in [0.2, 0.25) is 5.91 Å². The van der Waals surface area contributed by atoms with Gasteiger partial charge in [0.15, 0.2) is 0 Å². The Bertz CT molecular complexity index is 1210. The molecule has 0 saturated heterocycles. The van der Waals surface area contributed by atoms with Crippen LogP contribution in [0.15, 0.2) is 24.3 Å². The third-order valence-corrected chi connectivity index (χ3v) is 5.97. The molecule has 8 heteroatoms. The van der Waals surface area contributed by atoms with Crippen LogP contribution in [0, 0.1) is 12.8 Å². The molecule has 2 aromatic heterocycles. The number of nitrogens with one attached hydrogen (secondary N) is 1. The van der Waals surface area contributed by atoms with Crippen LogP contribution in [-0.4, -0.2) is 43.2 Å². The first-order valence-electron chi connectivity index (χ1n) is 10.3. The van der Waals surface area contributed by atoms with Gasteiger partial charge < -0.3 is 15.0 Å². The zero-order chi connectivity index (χ0) is 22.3. The second kappa shape index (κ2) is 8.23. The van der Waals surface area contributed by atoms with Crippen molar-refractivity contribution >= 4 is 40.5 Å². The molecule has 1 amide bonds. The van der Waals surface area contributed by atoms with Crippen LogP contribution in [0.3, 0.4) is 0 Å². The molecule has 0 bridgehead atoms. The van der Waals surface area contributed by atoms with E-state index in [1.54, 1.807) is 33.9 Å². The number of nitrogens with zero attached hydrogens (tertiary/aromatic N) is 3. The second-order valence-electron chi connectivity index (χ2n) is 8.36. The summed E-state index contributed by atoms with van der Waals surface area (Å²) in [6.45, 7) is 7.82. The number of H-pyrrole nitrogens is 1. The average molecular weight is 441 g/mol. The SMILES string of the molecule is Cc1nn(CC(C)C)c(Cl)c1/C=C/C(=O)N1CCc2[nH]c3ccc(C(=O)O)cc3c2C1. The number of carbonyl (C=O) groups excluding carboxylic acids is 1. The fourth-order valence-corrected chi connectivity index (χ4v) is 4.33. The van der Waals surface area contributed by atoms with E-state index in [4.69, 9.17) is 11.6 Å². The number of carbonyl (C=O) groups is 2. The molecule has 31 heavy (non-hydrogen) atoms. The quantitative estimate of drug-likeness (QED) is 0.579. The molecule has 1 aromatic carbocycles. The molecule has 4 rings (SSSR count). The number of hydrogen-bond acceptors (Lipinski definition) is 3. The third-order valence-electron chi connectivity index (χ3n) is 5.57. The number of aromatic carboxylic acids is 1.